The molecule has 7 nitrogen and oxygen atoms in total. The Morgan fingerprint density at radius 3 is 2.34 bits per heavy atom. The number of fused-ring (bicyclic) bond motifs is 1. The number of methoxy groups -OCH3 is 2. The molecule has 0 atom stereocenters. The Labute approximate surface area is 174 Å². The molecule has 0 saturated carbocycles. The third-order valence-corrected chi connectivity index (χ3v) is 6.81. The third-order valence-electron chi connectivity index (χ3n) is 4.37. The number of hydrogen-bond donors (Lipinski definition) is 0. The van der Waals surface area contributed by atoms with Gasteiger partial charge >= 0.3 is 0 Å². The van der Waals surface area contributed by atoms with Crippen molar-refractivity contribution in [1.29, 1.82) is 0 Å². The molecule has 1 aromatic heterocycles. The molecule has 156 valence electrons. The van der Waals surface area contributed by atoms with E-state index in [1.165, 1.54) is 11.3 Å². The Bertz CT molecular complexity index is 1160. The lowest BCUT2D eigenvalue weighted by atomic mass is 10.2. The number of thiazole rings is 1. The van der Waals surface area contributed by atoms with E-state index in [4.69, 9.17) is 14.2 Å². The van der Waals surface area contributed by atoms with Crippen molar-refractivity contribution in [1.82, 2.24) is 4.57 Å². The maximum atomic E-state index is 12.9. The fourth-order valence-corrected chi connectivity index (χ4v) is 5.12. The predicted molar refractivity (Wildman–Crippen MR) is 113 cm³/mol. The Morgan fingerprint density at radius 1 is 1.07 bits per heavy atom. The summed E-state index contributed by atoms with van der Waals surface area (Å²) in [5.74, 6) is 1.14. The smallest absolute Gasteiger partial charge is 0.285 e. The van der Waals surface area contributed by atoms with Gasteiger partial charge in [-0.2, -0.15) is 8.42 Å². The Morgan fingerprint density at radius 2 is 1.72 bits per heavy atom. The summed E-state index contributed by atoms with van der Waals surface area (Å²) in [6.45, 7) is 5.30. The zero-order chi connectivity index (χ0) is 21.0. The lowest BCUT2D eigenvalue weighted by molar-refractivity contribution is 0.139. The predicted octanol–water partition coefficient (Wildman–Crippen LogP) is 3.35. The number of hydrogen-bond acceptors (Lipinski definition) is 6. The van der Waals surface area contributed by atoms with Gasteiger partial charge < -0.3 is 18.8 Å². The maximum Gasteiger partial charge on any atom is 0.285 e. The van der Waals surface area contributed by atoms with Crippen LogP contribution in [0.3, 0.4) is 0 Å². The molecule has 0 bridgehead atoms. The van der Waals surface area contributed by atoms with Gasteiger partial charge in [0.05, 0.1) is 35.9 Å². The lowest BCUT2D eigenvalue weighted by Gasteiger charge is -2.09. The number of sulfonamides is 1. The largest absolute Gasteiger partial charge is 0.493 e. The van der Waals surface area contributed by atoms with Crippen LogP contribution in [0, 0.1) is 6.92 Å². The molecular weight excluding hydrogens is 412 g/mol. The van der Waals surface area contributed by atoms with Crippen LogP contribution in [0.1, 0.15) is 12.5 Å². The fraction of sp³-hybridized carbons (Fsp3) is 0.350. The quantitative estimate of drug-likeness (QED) is 0.506. The Kier molecular flexibility index (Phi) is 6.61. The average molecular weight is 437 g/mol. The summed E-state index contributed by atoms with van der Waals surface area (Å²) in [4.78, 5) is 0.530. The van der Waals surface area contributed by atoms with Gasteiger partial charge in [0.15, 0.2) is 11.5 Å². The van der Waals surface area contributed by atoms with E-state index in [1.807, 2.05) is 30.5 Å². The monoisotopic (exact) mass is 436 g/mol. The highest BCUT2D eigenvalue weighted by molar-refractivity contribution is 7.90. The number of rotatable bonds is 8. The summed E-state index contributed by atoms with van der Waals surface area (Å²) in [6.07, 6.45) is 0. The molecule has 0 aliphatic heterocycles. The molecule has 9 heteroatoms. The van der Waals surface area contributed by atoms with Crippen LogP contribution < -0.4 is 14.3 Å². The van der Waals surface area contributed by atoms with E-state index in [1.54, 1.807) is 38.5 Å². The van der Waals surface area contributed by atoms with Crippen LogP contribution in [0.4, 0.5) is 0 Å². The zero-order valence-corrected chi connectivity index (χ0v) is 18.5. The van der Waals surface area contributed by atoms with Crippen molar-refractivity contribution in [3.05, 3.63) is 46.8 Å². The number of benzene rings is 2. The minimum absolute atomic E-state index is 0.159. The second kappa shape index (κ2) is 8.98. The van der Waals surface area contributed by atoms with Gasteiger partial charge in [-0.05, 0) is 26.0 Å². The minimum atomic E-state index is -3.85. The first-order valence-corrected chi connectivity index (χ1v) is 11.4. The number of nitrogens with zero attached hydrogens (tertiary/aromatic N) is 2. The summed E-state index contributed by atoms with van der Waals surface area (Å²) < 4.78 is 48.8. The summed E-state index contributed by atoms with van der Waals surface area (Å²) in [6, 6.07) is 10.3. The standard InChI is InChI=1S/C20H24N2O5S2/c1-5-27-11-10-22-16-12-17(25-3)18(26-4)13-19(16)28-20(22)21-29(23,24)15-8-6-14(2)7-9-15/h6-9,12-13H,5,10-11H2,1-4H3. The van der Waals surface area contributed by atoms with E-state index in [0.29, 0.717) is 36.1 Å². The van der Waals surface area contributed by atoms with Gasteiger partial charge in [0.2, 0.25) is 4.80 Å². The lowest BCUT2D eigenvalue weighted by Crippen LogP contribution is -2.20. The Hall–Kier alpha value is -2.36. The van der Waals surface area contributed by atoms with Crippen molar-refractivity contribution in [2.45, 2.75) is 25.3 Å². The van der Waals surface area contributed by atoms with E-state index >= 15 is 0 Å². The molecule has 1 heterocycles. The summed E-state index contributed by atoms with van der Waals surface area (Å²) in [5, 5.41) is 0. The molecule has 0 spiro atoms. The molecule has 3 rings (SSSR count). The summed E-state index contributed by atoms with van der Waals surface area (Å²) in [5.41, 5.74) is 1.79. The van der Waals surface area contributed by atoms with Crippen molar-refractivity contribution >= 4 is 31.6 Å². The van der Waals surface area contributed by atoms with Crippen molar-refractivity contribution in [2.75, 3.05) is 27.4 Å². The highest BCUT2D eigenvalue weighted by Gasteiger charge is 2.16. The SMILES string of the molecule is CCOCCn1c(=NS(=O)(=O)c2ccc(C)cc2)sc2cc(OC)c(OC)cc21. The molecule has 0 N–H and O–H groups in total. The molecular formula is C20H24N2O5S2. The van der Waals surface area contributed by atoms with E-state index in [-0.39, 0.29) is 4.90 Å². The highest BCUT2D eigenvalue weighted by atomic mass is 32.2. The first-order chi connectivity index (χ1) is 13.9. The van der Waals surface area contributed by atoms with Crippen LogP contribution >= 0.6 is 11.3 Å². The topological polar surface area (TPSA) is 79.1 Å². The van der Waals surface area contributed by atoms with E-state index < -0.39 is 10.0 Å². The first-order valence-electron chi connectivity index (χ1n) is 9.10. The maximum absolute atomic E-state index is 12.9. The van der Waals surface area contributed by atoms with Gasteiger partial charge in [-0.3, -0.25) is 0 Å². The van der Waals surface area contributed by atoms with Crippen LogP contribution in [0.15, 0.2) is 45.7 Å². The van der Waals surface area contributed by atoms with Crippen molar-refractivity contribution in [3.8, 4) is 11.5 Å². The van der Waals surface area contributed by atoms with Gasteiger partial charge in [0, 0.05) is 25.3 Å². The van der Waals surface area contributed by atoms with Gasteiger partial charge in [-0.15, -0.1) is 4.40 Å². The number of aryl methyl sites for hydroxylation is 1. The van der Waals surface area contributed by atoms with E-state index in [2.05, 4.69) is 4.40 Å². The summed E-state index contributed by atoms with van der Waals surface area (Å²) in [7, 11) is -0.725. The molecule has 29 heavy (non-hydrogen) atoms. The van der Waals surface area contributed by atoms with Crippen molar-refractivity contribution in [3.63, 3.8) is 0 Å². The van der Waals surface area contributed by atoms with E-state index in [0.717, 1.165) is 15.8 Å². The van der Waals surface area contributed by atoms with Gasteiger partial charge in [0.1, 0.15) is 0 Å². The summed E-state index contributed by atoms with van der Waals surface area (Å²) >= 11 is 1.28. The fourth-order valence-electron chi connectivity index (χ4n) is 2.85. The molecule has 0 unspecified atom stereocenters. The van der Waals surface area contributed by atoms with Crippen LogP contribution in [-0.4, -0.2) is 40.4 Å². The Balaban J connectivity index is 2.20. The normalized spacial score (nSPS) is 12.5. The molecule has 3 aromatic rings. The third kappa shape index (κ3) is 4.63. The van der Waals surface area contributed by atoms with Crippen molar-refractivity contribution < 1.29 is 22.6 Å². The zero-order valence-electron chi connectivity index (χ0n) is 16.8. The molecule has 0 radical (unpaired) electrons. The molecule has 0 saturated heterocycles. The molecule has 0 aliphatic rings. The molecule has 0 aliphatic carbocycles. The van der Waals surface area contributed by atoms with Gasteiger partial charge in [0.25, 0.3) is 10.0 Å². The van der Waals surface area contributed by atoms with Crippen molar-refractivity contribution in [2.24, 2.45) is 4.40 Å². The van der Waals surface area contributed by atoms with Crippen LogP contribution in [0.2, 0.25) is 0 Å². The van der Waals surface area contributed by atoms with E-state index in [9.17, 15) is 8.42 Å². The molecule has 0 fully saturated rings. The molecule has 0 amide bonds. The second-order valence-electron chi connectivity index (χ2n) is 6.29. The average Bonchev–Trinajstić information content (AvgIpc) is 3.02. The molecule has 2 aromatic carbocycles. The second-order valence-corrected chi connectivity index (χ2v) is 8.90. The first kappa shape index (κ1) is 21.4. The van der Waals surface area contributed by atoms with Crippen LogP contribution in [0.25, 0.3) is 10.2 Å². The van der Waals surface area contributed by atoms with Gasteiger partial charge in [-0.1, -0.05) is 29.0 Å². The number of ether oxygens (including phenoxy) is 3. The number of aromatic nitrogens is 1. The van der Waals surface area contributed by atoms with Gasteiger partial charge in [-0.25, -0.2) is 0 Å². The van der Waals surface area contributed by atoms with Crippen LogP contribution in [0.5, 0.6) is 11.5 Å². The highest BCUT2D eigenvalue weighted by Crippen LogP contribution is 2.33. The minimum Gasteiger partial charge on any atom is -0.493 e. The van der Waals surface area contributed by atoms with Crippen LogP contribution in [-0.2, 0) is 21.3 Å².